The highest BCUT2D eigenvalue weighted by atomic mass is 31.1. The molecule has 1 atom stereocenters. The van der Waals surface area contributed by atoms with Crippen molar-refractivity contribution in [1.82, 2.24) is 0 Å². The van der Waals surface area contributed by atoms with Gasteiger partial charge >= 0.3 is 0 Å². The zero-order chi connectivity index (χ0) is 20.1. The standard InChI is InChI=1S/C24H27O3P/c1-24(2,28(25)22-8-6-5-7-9-22)23(18-10-14-20(26-3)15-11-18)19-12-16-21(27-4)17-13-19/h5-17,23,28H,1-4H3. The minimum atomic E-state index is -2.08. The summed E-state index contributed by atoms with van der Waals surface area (Å²) in [5.74, 6) is 1.59. The quantitative estimate of drug-likeness (QED) is 0.497. The van der Waals surface area contributed by atoms with Gasteiger partial charge in [-0.25, -0.2) is 0 Å². The molecular weight excluding hydrogens is 367 g/mol. The molecule has 0 amide bonds. The summed E-state index contributed by atoms with van der Waals surface area (Å²) >= 11 is 0. The molecule has 28 heavy (non-hydrogen) atoms. The van der Waals surface area contributed by atoms with Gasteiger partial charge in [0.2, 0.25) is 0 Å². The first-order valence-electron chi connectivity index (χ1n) is 9.35. The molecule has 3 rings (SSSR count). The highest BCUT2D eigenvalue weighted by Crippen LogP contribution is 2.50. The van der Waals surface area contributed by atoms with E-state index in [2.05, 4.69) is 38.1 Å². The van der Waals surface area contributed by atoms with E-state index >= 15 is 0 Å². The molecule has 4 heteroatoms. The largest absolute Gasteiger partial charge is 0.497 e. The number of hydrogen-bond acceptors (Lipinski definition) is 3. The maximum atomic E-state index is 13.6. The monoisotopic (exact) mass is 394 g/mol. The van der Waals surface area contributed by atoms with E-state index in [4.69, 9.17) is 9.47 Å². The Labute approximate surface area is 168 Å². The molecular formula is C24H27O3P. The van der Waals surface area contributed by atoms with Crippen LogP contribution in [-0.2, 0) is 4.57 Å². The molecule has 0 aliphatic carbocycles. The Bertz CT molecular complexity index is 869. The molecule has 3 aromatic carbocycles. The fraction of sp³-hybridized carbons (Fsp3) is 0.250. The topological polar surface area (TPSA) is 35.5 Å². The van der Waals surface area contributed by atoms with Crippen LogP contribution in [0.1, 0.15) is 30.9 Å². The van der Waals surface area contributed by atoms with Gasteiger partial charge in [0.15, 0.2) is 0 Å². The first-order chi connectivity index (χ1) is 13.5. The maximum Gasteiger partial charge on any atom is 0.118 e. The Hall–Kier alpha value is -2.51. The predicted molar refractivity (Wildman–Crippen MR) is 117 cm³/mol. The minimum absolute atomic E-state index is 0.0316. The number of rotatable bonds is 7. The summed E-state index contributed by atoms with van der Waals surface area (Å²) in [5, 5.41) is 0.444. The van der Waals surface area contributed by atoms with Gasteiger partial charge in [-0.1, -0.05) is 68.4 Å². The molecule has 0 N–H and O–H groups in total. The van der Waals surface area contributed by atoms with Crippen molar-refractivity contribution in [2.45, 2.75) is 24.9 Å². The fourth-order valence-corrected chi connectivity index (χ4v) is 5.55. The maximum absolute atomic E-state index is 13.6. The van der Waals surface area contributed by atoms with Gasteiger partial charge in [0.1, 0.15) is 19.3 Å². The Morgan fingerprint density at radius 2 is 1.14 bits per heavy atom. The Morgan fingerprint density at radius 3 is 1.54 bits per heavy atom. The first-order valence-corrected chi connectivity index (χ1v) is 10.8. The van der Waals surface area contributed by atoms with Gasteiger partial charge in [0.25, 0.3) is 0 Å². The summed E-state index contributed by atoms with van der Waals surface area (Å²) in [6.07, 6.45) is 0. The fourth-order valence-electron chi connectivity index (χ4n) is 3.71. The Kier molecular flexibility index (Phi) is 6.26. The van der Waals surface area contributed by atoms with Crippen LogP contribution < -0.4 is 14.8 Å². The summed E-state index contributed by atoms with van der Waals surface area (Å²) in [5.41, 5.74) is 2.23. The van der Waals surface area contributed by atoms with Crippen molar-refractivity contribution in [2.24, 2.45) is 0 Å². The molecule has 0 saturated heterocycles. The van der Waals surface area contributed by atoms with Gasteiger partial charge in [-0.05, 0) is 35.4 Å². The van der Waals surface area contributed by atoms with Crippen LogP contribution >= 0.6 is 7.80 Å². The van der Waals surface area contributed by atoms with E-state index in [1.165, 1.54) is 0 Å². The van der Waals surface area contributed by atoms with E-state index < -0.39 is 13.0 Å². The molecule has 1 unspecified atom stereocenters. The van der Waals surface area contributed by atoms with Crippen LogP contribution in [0.2, 0.25) is 0 Å². The normalized spacial score (nSPS) is 12.6. The zero-order valence-electron chi connectivity index (χ0n) is 16.8. The minimum Gasteiger partial charge on any atom is -0.497 e. The lowest BCUT2D eigenvalue weighted by molar-refractivity contribution is 0.414. The van der Waals surface area contributed by atoms with Gasteiger partial charge in [0.05, 0.1) is 14.2 Å². The number of hydrogen-bond donors (Lipinski definition) is 0. The number of benzene rings is 3. The molecule has 146 valence electrons. The van der Waals surface area contributed by atoms with E-state index in [-0.39, 0.29) is 5.92 Å². The number of ether oxygens (including phenoxy) is 2. The molecule has 0 spiro atoms. The molecule has 0 aliphatic rings. The van der Waals surface area contributed by atoms with Crippen molar-refractivity contribution >= 4 is 13.1 Å². The second kappa shape index (κ2) is 8.67. The van der Waals surface area contributed by atoms with E-state index in [1.54, 1.807) is 14.2 Å². The zero-order valence-corrected chi connectivity index (χ0v) is 17.8. The van der Waals surface area contributed by atoms with E-state index in [1.807, 2.05) is 54.6 Å². The van der Waals surface area contributed by atoms with Gasteiger partial charge in [-0.15, -0.1) is 0 Å². The highest BCUT2D eigenvalue weighted by Gasteiger charge is 2.38. The lowest BCUT2D eigenvalue weighted by Crippen LogP contribution is -2.29. The molecule has 0 aromatic heterocycles. The van der Waals surface area contributed by atoms with Gasteiger partial charge in [-0.3, -0.25) is 0 Å². The van der Waals surface area contributed by atoms with Crippen molar-refractivity contribution in [3.05, 3.63) is 90.0 Å². The Morgan fingerprint density at radius 1 is 0.714 bits per heavy atom. The summed E-state index contributed by atoms with van der Waals surface area (Å²) in [6, 6.07) is 25.9. The van der Waals surface area contributed by atoms with Gasteiger partial charge in [-0.2, -0.15) is 0 Å². The second-order valence-electron chi connectivity index (χ2n) is 7.40. The van der Waals surface area contributed by atoms with Crippen LogP contribution in [0.4, 0.5) is 0 Å². The average Bonchev–Trinajstić information content (AvgIpc) is 2.75. The Balaban J connectivity index is 2.09. The lowest BCUT2D eigenvalue weighted by Gasteiger charge is -2.35. The highest BCUT2D eigenvalue weighted by molar-refractivity contribution is 7.55. The van der Waals surface area contributed by atoms with Crippen molar-refractivity contribution in [2.75, 3.05) is 14.2 Å². The summed E-state index contributed by atoms with van der Waals surface area (Å²) in [6.45, 7) is 4.20. The molecule has 0 heterocycles. The first kappa shape index (κ1) is 20.2. The van der Waals surface area contributed by atoms with E-state index in [0.29, 0.717) is 0 Å². The smallest absolute Gasteiger partial charge is 0.118 e. The second-order valence-corrected chi connectivity index (χ2v) is 9.92. The van der Waals surface area contributed by atoms with Crippen LogP contribution in [0.25, 0.3) is 0 Å². The average molecular weight is 394 g/mol. The van der Waals surface area contributed by atoms with Crippen molar-refractivity contribution in [3.63, 3.8) is 0 Å². The number of methoxy groups -OCH3 is 2. The molecule has 0 bridgehead atoms. The van der Waals surface area contributed by atoms with Gasteiger partial charge in [0, 0.05) is 16.4 Å². The van der Waals surface area contributed by atoms with Crippen LogP contribution in [0.3, 0.4) is 0 Å². The third-order valence-electron chi connectivity index (χ3n) is 5.24. The molecule has 0 saturated carbocycles. The third kappa shape index (κ3) is 4.15. The van der Waals surface area contributed by atoms with Crippen LogP contribution in [-0.4, -0.2) is 19.4 Å². The van der Waals surface area contributed by atoms with Crippen molar-refractivity contribution in [1.29, 1.82) is 0 Å². The predicted octanol–water partition coefficient (Wildman–Crippen LogP) is 5.50. The molecule has 0 radical (unpaired) electrons. The van der Waals surface area contributed by atoms with Crippen molar-refractivity contribution < 1.29 is 14.0 Å². The molecule has 0 fully saturated rings. The van der Waals surface area contributed by atoms with Gasteiger partial charge < -0.3 is 14.0 Å². The van der Waals surface area contributed by atoms with Crippen LogP contribution in [0.15, 0.2) is 78.9 Å². The summed E-state index contributed by atoms with van der Waals surface area (Å²) < 4.78 is 24.3. The summed E-state index contributed by atoms with van der Waals surface area (Å²) in [4.78, 5) is 0. The molecule has 0 aliphatic heterocycles. The van der Waals surface area contributed by atoms with Crippen LogP contribution in [0.5, 0.6) is 11.5 Å². The van der Waals surface area contributed by atoms with Crippen LogP contribution in [0, 0.1) is 0 Å². The van der Waals surface area contributed by atoms with E-state index in [9.17, 15) is 4.57 Å². The molecule has 3 nitrogen and oxygen atoms in total. The van der Waals surface area contributed by atoms with Crippen molar-refractivity contribution in [3.8, 4) is 11.5 Å². The van der Waals surface area contributed by atoms with E-state index in [0.717, 1.165) is 27.9 Å². The lowest BCUT2D eigenvalue weighted by atomic mass is 9.82. The molecule has 3 aromatic rings. The SMILES string of the molecule is COc1ccc(C(c2ccc(OC)cc2)C(C)(C)[PH](=O)c2ccccc2)cc1. The third-order valence-corrected chi connectivity index (χ3v) is 7.56. The summed E-state index contributed by atoms with van der Waals surface area (Å²) in [7, 11) is 1.24.